The number of nitrogens with zero attached hydrogens (tertiary/aromatic N) is 1. The summed E-state index contributed by atoms with van der Waals surface area (Å²) in [7, 11) is 2.18. The number of aryl methyl sites for hydroxylation is 2. The van der Waals surface area contributed by atoms with Crippen molar-refractivity contribution >= 4 is 22.7 Å². The molecule has 3 heteroatoms. The van der Waals surface area contributed by atoms with Crippen LogP contribution in [0.5, 0.6) is 0 Å². The Labute approximate surface area is 125 Å². The Morgan fingerprint density at radius 1 is 1.30 bits per heavy atom. The summed E-state index contributed by atoms with van der Waals surface area (Å²) < 4.78 is 2.85. The van der Waals surface area contributed by atoms with E-state index < -0.39 is 0 Å². The average molecular weight is 288 g/mol. The first-order valence-corrected chi connectivity index (χ1v) is 8.68. The molecule has 0 aliphatic heterocycles. The molecule has 108 valence electrons. The van der Waals surface area contributed by atoms with Crippen LogP contribution in [0.3, 0.4) is 0 Å². The second-order valence-electron chi connectivity index (χ2n) is 5.99. The van der Waals surface area contributed by atoms with E-state index in [1.807, 2.05) is 11.8 Å². The lowest BCUT2D eigenvalue weighted by Gasteiger charge is -2.40. The van der Waals surface area contributed by atoms with Gasteiger partial charge >= 0.3 is 0 Å². The van der Waals surface area contributed by atoms with Gasteiger partial charge in [-0.15, -0.1) is 0 Å². The molecule has 1 fully saturated rings. The largest absolute Gasteiger partial charge is 0.346 e. The summed E-state index contributed by atoms with van der Waals surface area (Å²) in [6.45, 7) is 4.35. The summed E-state index contributed by atoms with van der Waals surface area (Å²) in [5.41, 5.74) is 4.18. The molecular weight excluding hydrogens is 264 g/mol. The molecule has 2 nitrogen and oxygen atoms in total. The van der Waals surface area contributed by atoms with Crippen molar-refractivity contribution in [3.8, 4) is 0 Å². The van der Waals surface area contributed by atoms with Crippen molar-refractivity contribution in [2.24, 2.45) is 7.05 Å². The highest BCUT2D eigenvalue weighted by atomic mass is 32.2. The predicted molar refractivity (Wildman–Crippen MR) is 89.5 cm³/mol. The molecule has 0 saturated heterocycles. The zero-order chi connectivity index (χ0) is 14.2. The zero-order valence-corrected chi connectivity index (χ0v) is 13.5. The van der Waals surface area contributed by atoms with Gasteiger partial charge in [-0.2, -0.15) is 11.8 Å². The van der Waals surface area contributed by atoms with Crippen LogP contribution in [0.4, 0.5) is 0 Å². The maximum Gasteiger partial charge on any atom is 0.0483 e. The van der Waals surface area contributed by atoms with E-state index in [1.54, 1.807) is 0 Å². The third-order valence-corrected chi connectivity index (χ3v) is 6.36. The van der Waals surface area contributed by atoms with Gasteiger partial charge in [0.05, 0.1) is 0 Å². The van der Waals surface area contributed by atoms with E-state index in [0.29, 0.717) is 4.75 Å². The second kappa shape index (κ2) is 5.45. The SMILES string of the molecule is CSC1(CNCc2c(C)c3ccccc3n2C)CCC1. The van der Waals surface area contributed by atoms with Gasteiger partial charge in [0.2, 0.25) is 0 Å². The number of benzene rings is 1. The van der Waals surface area contributed by atoms with Crippen LogP contribution < -0.4 is 5.32 Å². The minimum Gasteiger partial charge on any atom is -0.346 e. The predicted octanol–water partition coefficient (Wildman–Crippen LogP) is 3.86. The van der Waals surface area contributed by atoms with Crippen molar-refractivity contribution in [2.75, 3.05) is 12.8 Å². The number of hydrogen-bond donors (Lipinski definition) is 1. The third-order valence-electron chi connectivity index (χ3n) is 4.94. The number of rotatable bonds is 5. The van der Waals surface area contributed by atoms with Crippen LogP contribution in [0.2, 0.25) is 0 Å². The van der Waals surface area contributed by atoms with E-state index in [1.165, 1.54) is 41.4 Å². The monoisotopic (exact) mass is 288 g/mol. The summed E-state index contributed by atoms with van der Waals surface area (Å²) in [6.07, 6.45) is 6.39. The van der Waals surface area contributed by atoms with Gasteiger partial charge in [-0.25, -0.2) is 0 Å². The van der Waals surface area contributed by atoms with Crippen LogP contribution in [0, 0.1) is 6.92 Å². The number of para-hydroxylation sites is 1. The van der Waals surface area contributed by atoms with Crippen molar-refractivity contribution in [1.82, 2.24) is 9.88 Å². The smallest absolute Gasteiger partial charge is 0.0483 e. The van der Waals surface area contributed by atoms with Crippen molar-refractivity contribution in [3.63, 3.8) is 0 Å². The Bertz CT molecular complexity index is 566. The average Bonchev–Trinajstić information content (AvgIpc) is 2.67. The summed E-state index contributed by atoms with van der Waals surface area (Å²) in [5.74, 6) is 0. The highest BCUT2D eigenvalue weighted by Crippen LogP contribution is 2.42. The fraction of sp³-hybridized carbons (Fsp3) is 0.529. The number of nitrogens with one attached hydrogen (secondary N) is 1. The van der Waals surface area contributed by atoms with Crippen molar-refractivity contribution in [2.45, 2.75) is 37.5 Å². The summed E-state index contributed by atoms with van der Waals surface area (Å²) in [5, 5.41) is 5.08. The zero-order valence-electron chi connectivity index (χ0n) is 12.7. The molecule has 1 aromatic heterocycles. The van der Waals surface area contributed by atoms with Crippen LogP contribution in [-0.4, -0.2) is 22.1 Å². The molecule has 1 aliphatic carbocycles. The molecule has 0 atom stereocenters. The lowest BCUT2D eigenvalue weighted by Crippen LogP contribution is -2.43. The van der Waals surface area contributed by atoms with E-state index in [0.717, 1.165) is 13.1 Å². The minimum atomic E-state index is 0.512. The quantitative estimate of drug-likeness (QED) is 0.899. The van der Waals surface area contributed by atoms with E-state index in [2.05, 4.69) is 54.4 Å². The summed E-state index contributed by atoms with van der Waals surface area (Å²) in [6, 6.07) is 8.68. The van der Waals surface area contributed by atoms with Crippen LogP contribution >= 0.6 is 11.8 Å². The fourth-order valence-electron chi connectivity index (χ4n) is 3.32. The van der Waals surface area contributed by atoms with Gasteiger partial charge in [0, 0.05) is 41.5 Å². The Kier molecular flexibility index (Phi) is 3.83. The van der Waals surface area contributed by atoms with Gasteiger partial charge in [-0.1, -0.05) is 24.6 Å². The normalized spacial score (nSPS) is 17.4. The van der Waals surface area contributed by atoms with Crippen molar-refractivity contribution < 1.29 is 0 Å². The first-order valence-electron chi connectivity index (χ1n) is 7.46. The van der Waals surface area contributed by atoms with Gasteiger partial charge in [-0.3, -0.25) is 0 Å². The van der Waals surface area contributed by atoms with Gasteiger partial charge in [0.1, 0.15) is 0 Å². The highest BCUT2D eigenvalue weighted by molar-refractivity contribution is 8.00. The third kappa shape index (κ3) is 2.27. The molecule has 1 N–H and O–H groups in total. The molecule has 0 spiro atoms. The molecule has 0 bridgehead atoms. The molecular formula is C17H24N2S. The standard InChI is InChI=1S/C17H24N2S/c1-13-14-7-4-5-8-15(14)19(2)16(13)11-18-12-17(20-3)9-6-10-17/h4-5,7-8,18H,6,9-12H2,1-3H3. The van der Waals surface area contributed by atoms with Crippen LogP contribution in [-0.2, 0) is 13.6 Å². The first kappa shape index (κ1) is 14.0. The lowest BCUT2D eigenvalue weighted by molar-refractivity contribution is 0.344. The molecule has 1 saturated carbocycles. The van der Waals surface area contributed by atoms with E-state index in [-0.39, 0.29) is 0 Å². The van der Waals surface area contributed by atoms with Gasteiger partial charge in [-0.05, 0) is 37.7 Å². The molecule has 0 radical (unpaired) electrons. The van der Waals surface area contributed by atoms with Gasteiger partial charge in [0.15, 0.2) is 0 Å². The lowest BCUT2D eigenvalue weighted by atomic mass is 9.84. The van der Waals surface area contributed by atoms with E-state index in [4.69, 9.17) is 0 Å². The molecule has 1 aromatic carbocycles. The maximum absolute atomic E-state index is 3.70. The second-order valence-corrected chi connectivity index (χ2v) is 7.27. The summed E-state index contributed by atoms with van der Waals surface area (Å²) >= 11 is 2.04. The van der Waals surface area contributed by atoms with Crippen LogP contribution in [0.1, 0.15) is 30.5 Å². The Hall–Kier alpha value is -0.930. The number of fused-ring (bicyclic) bond motifs is 1. The van der Waals surface area contributed by atoms with Gasteiger partial charge < -0.3 is 9.88 Å². The highest BCUT2D eigenvalue weighted by Gasteiger charge is 2.35. The molecule has 0 unspecified atom stereocenters. The Balaban J connectivity index is 1.74. The summed E-state index contributed by atoms with van der Waals surface area (Å²) in [4.78, 5) is 0. The van der Waals surface area contributed by atoms with Gasteiger partial charge in [0.25, 0.3) is 0 Å². The molecule has 1 heterocycles. The molecule has 3 rings (SSSR count). The Morgan fingerprint density at radius 2 is 2.05 bits per heavy atom. The van der Waals surface area contributed by atoms with Crippen molar-refractivity contribution in [1.29, 1.82) is 0 Å². The number of aromatic nitrogens is 1. The van der Waals surface area contributed by atoms with E-state index in [9.17, 15) is 0 Å². The topological polar surface area (TPSA) is 17.0 Å². The molecule has 2 aromatic rings. The fourth-order valence-corrected chi connectivity index (χ4v) is 4.26. The van der Waals surface area contributed by atoms with Crippen LogP contribution in [0.25, 0.3) is 10.9 Å². The Morgan fingerprint density at radius 3 is 2.65 bits per heavy atom. The number of hydrogen-bond acceptors (Lipinski definition) is 2. The first-order chi connectivity index (χ1) is 9.67. The van der Waals surface area contributed by atoms with E-state index >= 15 is 0 Å². The van der Waals surface area contributed by atoms with Crippen LogP contribution in [0.15, 0.2) is 24.3 Å². The molecule has 0 amide bonds. The number of thioether (sulfide) groups is 1. The molecule has 20 heavy (non-hydrogen) atoms. The maximum atomic E-state index is 3.70. The van der Waals surface area contributed by atoms with Crippen molar-refractivity contribution in [3.05, 3.63) is 35.5 Å². The molecule has 1 aliphatic rings. The minimum absolute atomic E-state index is 0.512.